The third-order valence-corrected chi connectivity index (χ3v) is 2.37. The fourth-order valence-electron chi connectivity index (χ4n) is 1.41. The van der Waals surface area contributed by atoms with Crippen LogP contribution in [0.25, 0.3) is 0 Å². The quantitative estimate of drug-likeness (QED) is 0.667. The van der Waals surface area contributed by atoms with E-state index in [0.717, 1.165) is 6.42 Å². The van der Waals surface area contributed by atoms with Gasteiger partial charge in [-0.25, -0.2) is 9.59 Å². The number of hydrogen-bond acceptors (Lipinski definition) is 3. The normalized spacial score (nSPS) is 11.9. The number of ether oxygens (including phenoxy) is 1. The Labute approximate surface area is 102 Å². The number of carbonyl (C=O) groups is 2. The number of methoxy groups -OCH3 is 1. The van der Waals surface area contributed by atoms with E-state index in [4.69, 9.17) is 9.84 Å². The second-order valence-corrected chi connectivity index (χ2v) is 3.70. The van der Waals surface area contributed by atoms with Crippen molar-refractivity contribution in [3.63, 3.8) is 0 Å². The number of nitrogens with one attached hydrogen (secondary N) is 1. The Hall–Kier alpha value is -1.30. The van der Waals surface area contributed by atoms with Gasteiger partial charge in [-0.15, -0.1) is 0 Å². The second kappa shape index (κ2) is 8.81. The molecule has 0 aromatic rings. The first-order valence-corrected chi connectivity index (χ1v) is 5.83. The smallest absolute Gasteiger partial charge is 0.326 e. The van der Waals surface area contributed by atoms with Gasteiger partial charge in [-0.2, -0.15) is 0 Å². The van der Waals surface area contributed by atoms with Crippen molar-refractivity contribution in [1.82, 2.24) is 10.2 Å². The maximum absolute atomic E-state index is 11.8. The van der Waals surface area contributed by atoms with E-state index < -0.39 is 12.0 Å². The predicted octanol–water partition coefficient (Wildman–Crippen LogP) is 0.918. The van der Waals surface area contributed by atoms with Crippen LogP contribution in [0.5, 0.6) is 0 Å². The van der Waals surface area contributed by atoms with Gasteiger partial charge in [-0.1, -0.05) is 6.92 Å². The lowest BCUT2D eigenvalue weighted by Crippen LogP contribution is -2.48. The Morgan fingerprint density at radius 3 is 2.47 bits per heavy atom. The Morgan fingerprint density at radius 2 is 2.06 bits per heavy atom. The van der Waals surface area contributed by atoms with Gasteiger partial charge in [0, 0.05) is 33.2 Å². The molecule has 6 nitrogen and oxygen atoms in total. The number of aliphatic carboxylic acids is 1. The van der Waals surface area contributed by atoms with Crippen LogP contribution in [0.1, 0.15) is 26.7 Å². The molecular formula is C11H22N2O4. The number of urea groups is 1. The summed E-state index contributed by atoms with van der Waals surface area (Å²) in [7, 11) is 1.50. The van der Waals surface area contributed by atoms with Gasteiger partial charge >= 0.3 is 12.0 Å². The van der Waals surface area contributed by atoms with E-state index >= 15 is 0 Å². The van der Waals surface area contributed by atoms with Crippen molar-refractivity contribution in [3.8, 4) is 0 Å². The van der Waals surface area contributed by atoms with Gasteiger partial charge in [0.2, 0.25) is 0 Å². The molecule has 6 heteroatoms. The summed E-state index contributed by atoms with van der Waals surface area (Å²) >= 11 is 0. The number of amides is 2. The standard InChI is InChI=1S/C11H22N2O4/c1-4-7-13(5-2)11(16)12-9(10(14)15)6-8-17-3/h9H,4-8H2,1-3H3,(H,12,16)(H,14,15). The molecule has 0 aliphatic carbocycles. The summed E-state index contributed by atoms with van der Waals surface area (Å²) in [5, 5.41) is 11.4. The van der Waals surface area contributed by atoms with Crippen molar-refractivity contribution in [2.24, 2.45) is 0 Å². The van der Waals surface area contributed by atoms with Crippen LogP contribution in [-0.2, 0) is 9.53 Å². The summed E-state index contributed by atoms with van der Waals surface area (Å²) in [4.78, 5) is 24.3. The molecule has 1 atom stereocenters. The highest BCUT2D eigenvalue weighted by atomic mass is 16.5. The number of carboxylic acids is 1. The van der Waals surface area contributed by atoms with Gasteiger partial charge < -0.3 is 20.1 Å². The van der Waals surface area contributed by atoms with Crippen LogP contribution in [0, 0.1) is 0 Å². The number of rotatable bonds is 8. The summed E-state index contributed by atoms with van der Waals surface area (Å²) in [6.07, 6.45) is 1.11. The van der Waals surface area contributed by atoms with Crippen LogP contribution in [0.4, 0.5) is 4.79 Å². The zero-order valence-electron chi connectivity index (χ0n) is 10.7. The van der Waals surface area contributed by atoms with Gasteiger partial charge in [0.1, 0.15) is 6.04 Å². The third-order valence-electron chi connectivity index (χ3n) is 2.37. The summed E-state index contributed by atoms with van der Waals surface area (Å²) in [5.74, 6) is -1.04. The molecule has 0 radical (unpaired) electrons. The van der Waals surface area contributed by atoms with Gasteiger partial charge in [0.25, 0.3) is 0 Å². The van der Waals surface area contributed by atoms with E-state index in [1.165, 1.54) is 7.11 Å². The molecule has 0 aliphatic rings. The predicted molar refractivity (Wildman–Crippen MR) is 64.0 cm³/mol. The van der Waals surface area contributed by atoms with Crippen LogP contribution >= 0.6 is 0 Å². The van der Waals surface area contributed by atoms with Crippen molar-refractivity contribution in [2.75, 3.05) is 26.8 Å². The van der Waals surface area contributed by atoms with E-state index in [1.807, 2.05) is 13.8 Å². The molecule has 100 valence electrons. The highest BCUT2D eigenvalue weighted by Gasteiger charge is 2.21. The van der Waals surface area contributed by atoms with Crippen molar-refractivity contribution in [3.05, 3.63) is 0 Å². The highest BCUT2D eigenvalue weighted by Crippen LogP contribution is 1.98. The van der Waals surface area contributed by atoms with Crippen molar-refractivity contribution in [2.45, 2.75) is 32.7 Å². The van der Waals surface area contributed by atoms with Crippen molar-refractivity contribution < 1.29 is 19.4 Å². The number of carboxylic acid groups (broad SMARTS) is 1. The molecule has 0 rings (SSSR count). The lowest BCUT2D eigenvalue weighted by atomic mass is 10.2. The third kappa shape index (κ3) is 6.11. The lowest BCUT2D eigenvalue weighted by molar-refractivity contribution is -0.139. The molecule has 0 saturated carbocycles. The van der Waals surface area contributed by atoms with E-state index in [0.29, 0.717) is 19.7 Å². The fraction of sp³-hybridized carbons (Fsp3) is 0.818. The Morgan fingerprint density at radius 1 is 1.41 bits per heavy atom. The van der Waals surface area contributed by atoms with E-state index in [9.17, 15) is 9.59 Å². The molecule has 2 amide bonds. The minimum atomic E-state index is -1.04. The molecule has 0 aliphatic heterocycles. The average molecular weight is 246 g/mol. The van der Waals surface area contributed by atoms with Crippen molar-refractivity contribution in [1.29, 1.82) is 0 Å². The van der Waals surface area contributed by atoms with E-state index in [-0.39, 0.29) is 12.5 Å². The monoisotopic (exact) mass is 246 g/mol. The maximum Gasteiger partial charge on any atom is 0.326 e. The molecule has 1 unspecified atom stereocenters. The molecule has 0 bridgehead atoms. The molecule has 0 spiro atoms. The minimum Gasteiger partial charge on any atom is -0.480 e. The van der Waals surface area contributed by atoms with E-state index in [1.54, 1.807) is 4.90 Å². The molecule has 0 saturated heterocycles. The SMILES string of the molecule is CCCN(CC)C(=O)NC(CCOC)C(=O)O. The molecule has 2 N–H and O–H groups in total. The Bertz CT molecular complexity index is 246. The van der Waals surface area contributed by atoms with Crippen LogP contribution in [0.3, 0.4) is 0 Å². The van der Waals surface area contributed by atoms with Crippen LogP contribution in [-0.4, -0.2) is 54.9 Å². The number of hydrogen-bond donors (Lipinski definition) is 2. The molecular weight excluding hydrogens is 224 g/mol. The summed E-state index contributed by atoms with van der Waals surface area (Å²) in [6, 6.07) is -1.23. The average Bonchev–Trinajstić information content (AvgIpc) is 2.30. The van der Waals surface area contributed by atoms with Gasteiger partial charge in [-0.05, 0) is 13.3 Å². The zero-order chi connectivity index (χ0) is 13.3. The first-order valence-electron chi connectivity index (χ1n) is 5.83. The molecule has 17 heavy (non-hydrogen) atoms. The van der Waals surface area contributed by atoms with E-state index in [2.05, 4.69) is 5.32 Å². The minimum absolute atomic E-state index is 0.265. The van der Waals surface area contributed by atoms with Gasteiger partial charge in [0.15, 0.2) is 0 Å². The Balaban J connectivity index is 4.32. The van der Waals surface area contributed by atoms with Gasteiger partial charge in [0.05, 0.1) is 0 Å². The molecule has 0 heterocycles. The summed E-state index contributed by atoms with van der Waals surface area (Å²) in [6.45, 7) is 5.32. The molecule has 0 aromatic carbocycles. The number of carbonyl (C=O) groups excluding carboxylic acids is 1. The first-order chi connectivity index (χ1) is 8.06. The maximum atomic E-state index is 11.8. The zero-order valence-corrected chi connectivity index (χ0v) is 10.7. The topological polar surface area (TPSA) is 78.9 Å². The summed E-state index contributed by atoms with van der Waals surface area (Å²) < 4.78 is 4.81. The van der Waals surface area contributed by atoms with Crippen LogP contribution in [0.2, 0.25) is 0 Å². The fourth-order valence-corrected chi connectivity index (χ4v) is 1.41. The van der Waals surface area contributed by atoms with Crippen molar-refractivity contribution >= 4 is 12.0 Å². The first kappa shape index (κ1) is 15.7. The number of nitrogens with zero attached hydrogens (tertiary/aromatic N) is 1. The van der Waals surface area contributed by atoms with Crippen LogP contribution < -0.4 is 5.32 Å². The Kier molecular flexibility index (Phi) is 8.13. The summed E-state index contributed by atoms with van der Waals surface area (Å²) in [5.41, 5.74) is 0. The van der Waals surface area contributed by atoms with Crippen LogP contribution in [0.15, 0.2) is 0 Å². The largest absolute Gasteiger partial charge is 0.480 e. The second-order valence-electron chi connectivity index (χ2n) is 3.70. The lowest BCUT2D eigenvalue weighted by Gasteiger charge is -2.23. The molecule has 0 aromatic heterocycles. The molecule has 0 fully saturated rings. The highest BCUT2D eigenvalue weighted by molar-refractivity contribution is 5.82. The van der Waals surface area contributed by atoms with Gasteiger partial charge in [-0.3, -0.25) is 0 Å².